The van der Waals surface area contributed by atoms with Gasteiger partial charge in [-0.3, -0.25) is 4.79 Å². The van der Waals surface area contributed by atoms with E-state index in [0.29, 0.717) is 31.8 Å². The molecule has 25 heavy (non-hydrogen) atoms. The van der Waals surface area contributed by atoms with Crippen LogP contribution in [0.3, 0.4) is 0 Å². The van der Waals surface area contributed by atoms with Crippen LogP contribution in [-0.2, 0) is 16.0 Å². The average Bonchev–Trinajstić information content (AvgIpc) is 2.61. The molecule has 0 heterocycles. The summed E-state index contributed by atoms with van der Waals surface area (Å²) in [4.78, 5) is 12.2. The number of nitrogens with one attached hydrogen (secondary N) is 1. The number of benzene rings is 2. The maximum atomic E-state index is 12.2. The highest BCUT2D eigenvalue weighted by Crippen LogP contribution is 2.26. The number of amides is 1. The van der Waals surface area contributed by atoms with E-state index in [1.165, 1.54) is 0 Å². The van der Waals surface area contributed by atoms with Gasteiger partial charge in [-0.05, 0) is 52.2 Å². The van der Waals surface area contributed by atoms with Crippen molar-refractivity contribution in [2.75, 3.05) is 32.8 Å². The highest BCUT2D eigenvalue weighted by Gasteiger charge is 2.06. The fraction of sp³-hybridized carbons (Fsp3) is 0.316. The van der Waals surface area contributed by atoms with Gasteiger partial charge in [0.05, 0.1) is 18.2 Å². The van der Waals surface area contributed by atoms with Gasteiger partial charge in [-0.15, -0.1) is 0 Å². The summed E-state index contributed by atoms with van der Waals surface area (Å²) >= 11 is 3.45. The number of methoxy groups -OCH3 is 2. The van der Waals surface area contributed by atoms with Crippen LogP contribution in [-0.4, -0.2) is 33.3 Å². The van der Waals surface area contributed by atoms with Crippen LogP contribution in [0.2, 0.25) is 0 Å². The predicted molar refractivity (Wildman–Crippen MR) is 101 cm³/mol. The van der Waals surface area contributed by atoms with Crippen molar-refractivity contribution in [3.8, 4) is 11.5 Å². The summed E-state index contributed by atoms with van der Waals surface area (Å²) in [6.07, 6.45) is 1.05. The highest BCUT2D eigenvalue weighted by molar-refractivity contribution is 9.10. The molecule has 2 aromatic rings. The van der Waals surface area contributed by atoms with Crippen LogP contribution in [0.15, 0.2) is 46.9 Å². The molecule has 2 rings (SSSR count). The Balaban J connectivity index is 1.85. The maximum absolute atomic E-state index is 12.2. The van der Waals surface area contributed by atoms with E-state index in [0.717, 1.165) is 21.5 Å². The third-order valence-corrected chi connectivity index (χ3v) is 4.15. The monoisotopic (exact) mass is 407 g/mol. The molecular weight excluding hydrogens is 386 g/mol. The standard InChI is InChI=1S/C19H22BrNO4/c1-23-10-11-25-16-5-3-4-15(13-16)21-19(22)9-7-14-6-8-18(24-2)17(20)12-14/h3-6,8,12-13H,7,9-11H2,1-2H3,(H,21,22). The minimum absolute atomic E-state index is 0.0408. The molecule has 1 N–H and O–H groups in total. The van der Waals surface area contributed by atoms with E-state index in [1.807, 2.05) is 36.4 Å². The number of ether oxygens (including phenoxy) is 3. The summed E-state index contributed by atoms with van der Waals surface area (Å²) in [5, 5.41) is 2.89. The van der Waals surface area contributed by atoms with Crippen LogP contribution in [0, 0.1) is 0 Å². The van der Waals surface area contributed by atoms with Crippen LogP contribution in [0.25, 0.3) is 0 Å². The van der Waals surface area contributed by atoms with Crippen molar-refractivity contribution in [1.29, 1.82) is 0 Å². The van der Waals surface area contributed by atoms with E-state index in [4.69, 9.17) is 14.2 Å². The number of hydrogen-bond acceptors (Lipinski definition) is 4. The summed E-state index contributed by atoms with van der Waals surface area (Å²) in [6.45, 7) is 0.994. The van der Waals surface area contributed by atoms with Gasteiger partial charge in [0.25, 0.3) is 0 Å². The molecule has 0 aliphatic carbocycles. The van der Waals surface area contributed by atoms with Crippen LogP contribution >= 0.6 is 15.9 Å². The zero-order valence-electron chi connectivity index (χ0n) is 14.4. The molecule has 0 aromatic heterocycles. The summed E-state index contributed by atoms with van der Waals surface area (Å²) in [5.41, 5.74) is 1.79. The Bertz CT molecular complexity index is 706. The Labute approximate surface area is 156 Å². The number of hydrogen-bond donors (Lipinski definition) is 1. The fourth-order valence-electron chi connectivity index (χ4n) is 2.25. The highest BCUT2D eigenvalue weighted by atomic mass is 79.9. The van der Waals surface area contributed by atoms with Crippen molar-refractivity contribution in [3.05, 3.63) is 52.5 Å². The molecular formula is C19H22BrNO4. The zero-order chi connectivity index (χ0) is 18.1. The van der Waals surface area contributed by atoms with Crippen molar-refractivity contribution < 1.29 is 19.0 Å². The average molecular weight is 408 g/mol. The van der Waals surface area contributed by atoms with Gasteiger partial charge in [-0.25, -0.2) is 0 Å². The third-order valence-electron chi connectivity index (χ3n) is 3.53. The third kappa shape index (κ3) is 6.40. The predicted octanol–water partition coefficient (Wildman–Crippen LogP) is 4.05. The molecule has 0 spiro atoms. The molecule has 0 radical (unpaired) electrons. The van der Waals surface area contributed by atoms with Crippen molar-refractivity contribution >= 4 is 27.5 Å². The molecule has 0 saturated carbocycles. The number of aryl methyl sites for hydroxylation is 1. The summed E-state index contributed by atoms with van der Waals surface area (Å²) in [7, 11) is 3.25. The Morgan fingerprint density at radius 2 is 1.96 bits per heavy atom. The molecule has 0 unspecified atom stereocenters. The Kier molecular flexibility index (Phi) is 7.76. The Morgan fingerprint density at radius 3 is 2.68 bits per heavy atom. The molecule has 1 amide bonds. The molecule has 0 aliphatic heterocycles. The van der Waals surface area contributed by atoms with Crippen molar-refractivity contribution in [2.24, 2.45) is 0 Å². The number of carbonyl (C=O) groups excluding carboxylic acids is 1. The van der Waals surface area contributed by atoms with Crippen molar-refractivity contribution in [1.82, 2.24) is 0 Å². The molecule has 0 bridgehead atoms. The van der Waals surface area contributed by atoms with Gasteiger partial charge in [0.1, 0.15) is 18.1 Å². The SMILES string of the molecule is COCCOc1cccc(NC(=O)CCc2ccc(OC)c(Br)c2)c1. The van der Waals surface area contributed by atoms with Gasteiger partial charge in [0.2, 0.25) is 5.91 Å². The number of carbonyl (C=O) groups is 1. The van der Waals surface area contributed by atoms with E-state index in [-0.39, 0.29) is 5.91 Å². The Hall–Kier alpha value is -2.05. The van der Waals surface area contributed by atoms with Crippen LogP contribution in [0.1, 0.15) is 12.0 Å². The molecule has 0 fully saturated rings. The fourth-order valence-corrected chi connectivity index (χ4v) is 2.84. The minimum atomic E-state index is -0.0408. The first-order valence-corrected chi connectivity index (χ1v) is 8.75. The van der Waals surface area contributed by atoms with Gasteiger partial charge in [-0.1, -0.05) is 12.1 Å². The Morgan fingerprint density at radius 1 is 1.12 bits per heavy atom. The normalized spacial score (nSPS) is 10.4. The largest absolute Gasteiger partial charge is 0.496 e. The van der Waals surface area contributed by atoms with Gasteiger partial charge >= 0.3 is 0 Å². The minimum Gasteiger partial charge on any atom is -0.496 e. The van der Waals surface area contributed by atoms with E-state index >= 15 is 0 Å². The number of halogens is 1. The van der Waals surface area contributed by atoms with E-state index in [1.54, 1.807) is 20.3 Å². The topological polar surface area (TPSA) is 56.8 Å². The summed E-state index contributed by atoms with van der Waals surface area (Å²) in [6, 6.07) is 13.1. The van der Waals surface area contributed by atoms with Crippen LogP contribution < -0.4 is 14.8 Å². The molecule has 0 aliphatic rings. The lowest BCUT2D eigenvalue weighted by Gasteiger charge is -2.09. The second-order valence-corrected chi connectivity index (χ2v) is 6.24. The first-order chi connectivity index (χ1) is 12.1. The van der Waals surface area contributed by atoms with Crippen LogP contribution in [0.4, 0.5) is 5.69 Å². The summed E-state index contributed by atoms with van der Waals surface area (Å²) in [5.74, 6) is 1.44. The first-order valence-electron chi connectivity index (χ1n) is 7.96. The molecule has 134 valence electrons. The van der Waals surface area contributed by atoms with E-state index < -0.39 is 0 Å². The van der Waals surface area contributed by atoms with Crippen molar-refractivity contribution in [2.45, 2.75) is 12.8 Å². The van der Waals surface area contributed by atoms with E-state index in [2.05, 4.69) is 21.2 Å². The lowest BCUT2D eigenvalue weighted by atomic mass is 10.1. The number of rotatable bonds is 9. The smallest absolute Gasteiger partial charge is 0.224 e. The first kappa shape index (κ1) is 19.3. The van der Waals surface area contributed by atoms with Crippen molar-refractivity contribution in [3.63, 3.8) is 0 Å². The van der Waals surface area contributed by atoms with Crippen LogP contribution in [0.5, 0.6) is 11.5 Å². The second kappa shape index (κ2) is 10.1. The van der Waals surface area contributed by atoms with E-state index in [9.17, 15) is 4.79 Å². The summed E-state index contributed by atoms with van der Waals surface area (Å²) < 4.78 is 16.6. The van der Waals surface area contributed by atoms with Gasteiger partial charge in [0, 0.05) is 25.3 Å². The van der Waals surface area contributed by atoms with Gasteiger partial charge < -0.3 is 19.5 Å². The number of anilines is 1. The zero-order valence-corrected chi connectivity index (χ0v) is 16.0. The molecule has 0 saturated heterocycles. The lowest BCUT2D eigenvalue weighted by molar-refractivity contribution is -0.116. The maximum Gasteiger partial charge on any atom is 0.224 e. The molecule has 6 heteroatoms. The van der Waals surface area contributed by atoms with Gasteiger partial charge in [0.15, 0.2) is 0 Å². The molecule has 2 aromatic carbocycles. The molecule has 0 atom stereocenters. The molecule has 5 nitrogen and oxygen atoms in total. The van der Waals surface area contributed by atoms with Gasteiger partial charge in [-0.2, -0.15) is 0 Å². The quantitative estimate of drug-likeness (QED) is 0.636. The lowest BCUT2D eigenvalue weighted by Crippen LogP contribution is -2.12. The second-order valence-electron chi connectivity index (χ2n) is 5.39.